The largest absolute Gasteiger partial charge is 0.377 e. The van der Waals surface area contributed by atoms with Crippen LogP contribution in [-0.2, 0) is 16.0 Å². The van der Waals surface area contributed by atoms with E-state index in [1.54, 1.807) is 0 Å². The van der Waals surface area contributed by atoms with Gasteiger partial charge in [-0.2, -0.15) is 0 Å². The predicted molar refractivity (Wildman–Crippen MR) is 78.8 cm³/mol. The van der Waals surface area contributed by atoms with Crippen LogP contribution in [0.5, 0.6) is 0 Å². The van der Waals surface area contributed by atoms with Crippen molar-refractivity contribution in [3.8, 4) is 0 Å². The molecule has 20 heavy (non-hydrogen) atoms. The number of carbonyl (C=O) groups is 1. The molecule has 2 aliphatic rings. The lowest BCUT2D eigenvalue weighted by molar-refractivity contribution is -0.118. The number of ether oxygens (including phenoxy) is 1. The summed E-state index contributed by atoms with van der Waals surface area (Å²) < 4.78 is 5.64. The van der Waals surface area contributed by atoms with Crippen LogP contribution in [0.25, 0.3) is 0 Å². The first-order valence-electron chi connectivity index (χ1n) is 7.36. The van der Waals surface area contributed by atoms with Crippen molar-refractivity contribution in [3.63, 3.8) is 0 Å². The van der Waals surface area contributed by atoms with Crippen LogP contribution in [0.1, 0.15) is 32.3 Å². The Morgan fingerprint density at radius 1 is 1.40 bits per heavy atom. The summed E-state index contributed by atoms with van der Waals surface area (Å²) >= 11 is 0. The molecule has 3 rings (SSSR count). The molecule has 0 aliphatic carbocycles. The molecule has 1 aromatic carbocycles. The number of anilines is 1. The van der Waals surface area contributed by atoms with E-state index in [-0.39, 0.29) is 23.6 Å². The van der Waals surface area contributed by atoms with Gasteiger partial charge in [-0.05, 0) is 44.7 Å². The maximum atomic E-state index is 12.4. The zero-order valence-electron chi connectivity index (χ0n) is 12.1. The quantitative estimate of drug-likeness (QED) is 0.868. The van der Waals surface area contributed by atoms with E-state index in [9.17, 15) is 4.79 Å². The summed E-state index contributed by atoms with van der Waals surface area (Å²) in [5, 5.41) is 6.57. The van der Waals surface area contributed by atoms with Crippen LogP contribution >= 0.6 is 0 Å². The van der Waals surface area contributed by atoms with Gasteiger partial charge in [-0.25, -0.2) is 0 Å². The zero-order chi connectivity index (χ0) is 14.2. The van der Waals surface area contributed by atoms with Crippen molar-refractivity contribution in [3.05, 3.63) is 29.8 Å². The molecular weight excluding hydrogens is 252 g/mol. The molecule has 0 aromatic heterocycles. The van der Waals surface area contributed by atoms with Gasteiger partial charge in [-0.3, -0.25) is 10.1 Å². The predicted octanol–water partition coefficient (Wildman–Crippen LogP) is 2.10. The number of nitrogens with one attached hydrogen (secondary N) is 2. The molecule has 0 radical (unpaired) electrons. The maximum absolute atomic E-state index is 12.4. The molecule has 0 saturated carbocycles. The summed E-state index contributed by atoms with van der Waals surface area (Å²) in [6.07, 6.45) is 2.83. The standard InChI is InChI=1S/C16H22N2O2/c1-11-16(2,9-10-20-11)18-14-8-7-12-5-3-4-6-13(12)17-15(14)19/h3-6,11,14,18H,7-10H2,1-2H3,(H,17,19). The van der Waals surface area contributed by atoms with Gasteiger partial charge in [-0.15, -0.1) is 0 Å². The summed E-state index contributed by atoms with van der Waals surface area (Å²) in [5.41, 5.74) is 2.05. The summed E-state index contributed by atoms with van der Waals surface area (Å²) in [4.78, 5) is 12.4. The van der Waals surface area contributed by atoms with Gasteiger partial charge >= 0.3 is 0 Å². The van der Waals surface area contributed by atoms with E-state index in [1.165, 1.54) is 5.56 Å². The average molecular weight is 274 g/mol. The second kappa shape index (κ2) is 5.19. The van der Waals surface area contributed by atoms with E-state index in [1.807, 2.05) is 18.2 Å². The number of hydrogen-bond donors (Lipinski definition) is 2. The minimum absolute atomic E-state index is 0.0651. The molecule has 1 aromatic rings. The van der Waals surface area contributed by atoms with Crippen LogP contribution in [0.2, 0.25) is 0 Å². The molecule has 1 fully saturated rings. The van der Waals surface area contributed by atoms with Crippen LogP contribution in [0.4, 0.5) is 5.69 Å². The van der Waals surface area contributed by atoms with Gasteiger partial charge in [0.2, 0.25) is 5.91 Å². The van der Waals surface area contributed by atoms with E-state index in [4.69, 9.17) is 4.74 Å². The molecule has 1 saturated heterocycles. The van der Waals surface area contributed by atoms with E-state index in [0.717, 1.165) is 31.6 Å². The van der Waals surface area contributed by atoms with Gasteiger partial charge < -0.3 is 10.1 Å². The number of benzene rings is 1. The third kappa shape index (κ3) is 2.45. The molecule has 0 bridgehead atoms. The molecule has 4 heteroatoms. The third-order valence-electron chi connectivity index (χ3n) is 4.68. The van der Waals surface area contributed by atoms with Gasteiger partial charge in [0.15, 0.2) is 0 Å². The fraction of sp³-hybridized carbons (Fsp3) is 0.562. The van der Waals surface area contributed by atoms with Crippen LogP contribution in [0.3, 0.4) is 0 Å². The first-order chi connectivity index (χ1) is 9.58. The Kier molecular flexibility index (Phi) is 3.52. The molecule has 3 unspecified atom stereocenters. The second-order valence-electron chi connectivity index (χ2n) is 6.06. The summed E-state index contributed by atoms with van der Waals surface area (Å²) in [6.45, 7) is 4.98. The number of amides is 1. The lowest BCUT2D eigenvalue weighted by Gasteiger charge is -2.32. The fourth-order valence-electron chi connectivity index (χ4n) is 3.07. The van der Waals surface area contributed by atoms with E-state index < -0.39 is 0 Å². The van der Waals surface area contributed by atoms with Crippen molar-refractivity contribution in [1.82, 2.24) is 5.32 Å². The number of rotatable bonds is 2. The summed E-state index contributed by atoms with van der Waals surface area (Å²) in [6, 6.07) is 7.88. The molecule has 4 nitrogen and oxygen atoms in total. The molecule has 3 atom stereocenters. The zero-order valence-corrected chi connectivity index (χ0v) is 12.1. The van der Waals surface area contributed by atoms with Crippen molar-refractivity contribution in [1.29, 1.82) is 0 Å². The Bertz CT molecular complexity index is 517. The average Bonchev–Trinajstić information content (AvgIpc) is 2.66. The normalized spacial score (nSPS) is 33.4. The molecule has 1 amide bonds. The first kappa shape index (κ1) is 13.6. The maximum Gasteiger partial charge on any atom is 0.241 e. The molecule has 0 spiro atoms. The van der Waals surface area contributed by atoms with Crippen LogP contribution in [0.15, 0.2) is 24.3 Å². The Hall–Kier alpha value is -1.39. The van der Waals surface area contributed by atoms with Crippen molar-refractivity contribution >= 4 is 11.6 Å². The monoisotopic (exact) mass is 274 g/mol. The van der Waals surface area contributed by atoms with Crippen molar-refractivity contribution in [2.75, 3.05) is 11.9 Å². The molecule has 108 valence electrons. The SMILES string of the molecule is CC1OCCC1(C)NC1CCc2ccccc2NC1=O. The number of aryl methyl sites for hydroxylation is 1. The van der Waals surface area contributed by atoms with Gasteiger partial charge in [0.25, 0.3) is 0 Å². The number of para-hydroxylation sites is 1. The van der Waals surface area contributed by atoms with Crippen LogP contribution in [0, 0.1) is 0 Å². The number of hydrogen-bond acceptors (Lipinski definition) is 3. The molecular formula is C16H22N2O2. The van der Waals surface area contributed by atoms with Crippen molar-refractivity contribution in [2.45, 2.75) is 50.8 Å². The van der Waals surface area contributed by atoms with Gasteiger partial charge in [0.1, 0.15) is 0 Å². The molecule has 2 heterocycles. The second-order valence-corrected chi connectivity index (χ2v) is 6.06. The highest BCUT2D eigenvalue weighted by molar-refractivity contribution is 5.96. The van der Waals surface area contributed by atoms with Crippen LogP contribution in [-0.4, -0.2) is 30.2 Å². The highest BCUT2D eigenvalue weighted by Gasteiger charge is 2.40. The molecule has 2 aliphatic heterocycles. The van der Waals surface area contributed by atoms with Gasteiger partial charge in [0.05, 0.1) is 12.1 Å². The lowest BCUT2D eigenvalue weighted by Crippen LogP contribution is -2.55. The molecule has 2 N–H and O–H groups in total. The Balaban J connectivity index is 1.75. The fourth-order valence-corrected chi connectivity index (χ4v) is 3.07. The minimum Gasteiger partial charge on any atom is -0.377 e. The van der Waals surface area contributed by atoms with E-state index in [0.29, 0.717) is 0 Å². The number of fused-ring (bicyclic) bond motifs is 1. The minimum atomic E-state index is -0.156. The third-order valence-corrected chi connectivity index (χ3v) is 4.68. The van der Waals surface area contributed by atoms with E-state index >= 15 is 0 Å². The van der Waals surface area contributed by atoms with Crippen molar-refractivity contribution in [2.24, 2.45) is 0 Å². The Morgan fingerprint density at radius 2 is 2.20 bits per heavy atom. The lowest BCUT2D eigenvalue weighted by atomic mass is 9.92. The first-order valence-corrected chi connectivity index (χ1v) is 7.36. The highest BCUT2D eigenvalue weighted by Crippen LogP contribution is 2.28. The summed E-state index contributed by atoms with van der Waals surface area (Å²) in [5.74, 6) is 0.0651. The Morgan fingerprint density at radius 3 is 2.95 bits per heavy atom. The van der Waals surface area contributed by atoms with E-state index in [2.05, 4.69) is 30.5 Å². The number of carbonyl (C=O) groups excluding carboxylic acids is 1. The summed E-state index contributed by atoms with van der Waals surface area (Å²) in [7, 11) is 0. The van der Waals surface area contributed by atoms with Gasteiger partial charge in [0, 0.05) is 17.8 Å². The topological polar surface area (TPSA) is 50.4 Å². The van der Waals surface area contributed by atoms with Gasteiger partial charge in [-0.1, -0.05) is 18.2 Å². The highest BCUT2D eigenvalue weighted by atomic mass is 16.5. The van der Waals surface area contributed by atoms with Crippen molar-refractivity contribution < 1.29 is 9.53 Å². The van der Waals surface area contributed by atoms with Crippen LogP contribution < -0.4 is 10.6 Å². The smallest absolute Gasteiger partial charge is 0.241 e. The Labute approximate surface area is 119 Å².